The van der Waals surface area contributed by atoms with E-state index in [0.29, 0.717) is 6.04 Å². The molecule has 0 saturated carbocycles. The van der Waals surface area contributed by atoms with Crippen molar-refractivity contribution in [1.29, 1.82) is 0 Å². The van der Waals surface area contributed by atoms with Gasteiger partial charge in [0.05, 0.1) is 0 Å². The molecule has 1 aromatic rings. The zero-order chi connectivity index (χ0) is 12.0. The molecule has 0 heterocycles. The van der Waals surface area contributed by atoms with Crippen LogP contribution in [-0.4, -0.2) is 6.54 Å². The van der Waals surface area contributed by atoms with Crippen molar-refractivity contribution in [2.75, 3.05) is 6.54 Å². The van der Waals surface area contributed by atoms with Crippen LogP contribution in [-0.2, 0) is 6.42 Å². The van der Waals surface area contributed by atoms with Gasteiger partial charge in [-0.3, -0.25) is 0 Å². The van der Waals surface area contributed by atoms with Gasteiger partial charge in [0.1, 0.15) is 5.82 Å². The van der Waals surface area contributed by atoms with Crippen LogP contribution in [0.4, 0.5) is 4.39 Å². The van der Waals surface area contributed by atoms with Gasteiger partial charge in [-0.1, -0.05) is 26.3 Å². The molecule has 1 aromatic carbocycles. The lowest BCUT2D eigenvalue weighted by Gasteiger charge is -2.17. The van der Waals surface area contributed by atoms with E-state index in [1.807, 2.05) is 6.07 Å². The number of nitrogens with one attached hydrogen (secondary N) is 1. The van der Waals surface area contributed by atoms with Crippen molar-refractivity contribution in [2.45, 2.75) is 46.1 Å². The molecule has 1 N–H and O–H groups in total. The molecule has 1 atom stereocenters. The number of hydrogen-bond acceptors (Lipinski definition) is 1. The van der Waals surface area contributed by atoms with Crippen LogP contribution in [0, 0.1) is 5.82 Å². The standard InChI is InChI=1S/C14H22FN/c1-4-6-7-12-10-13(15)8-9-14(12)11(3)16-5-2/h8-11,16H,4-7H2,1-3H3. The first-order valence-electron chi connectivity index (χ1n) is 6.20. The van der Waals surface area contributed by atoms with E-state index in [0.717, 1.165) is 31.4 Å². The molecule has 0 fully saturated rings. The molecule has 2 heteroatoms. The summed E-state index contributed by atoms with van der Waals surface area (Å²) in [7, 11) is 0. The molecule has 0 spiro atoms. The summed E-state index contributed by atoms with van der Waals surface area (Å²) in [6.07, 6.45) is 3.24. The third-order valence-electron chi connectivity index (χ3n) is 2.88. The van der Waals surface area contributed by atoms with Crippen LogP contribution >= 0.6 is 0 Å². The first kappa shape index (κ1) is 13.2. The second-order valence-electron chi connectivity index (χ2n) is 4.23. The molecule has 0 amide bonds. The van der Waals surface area contributed by atoms with E-state index in [-0.39, 0.29) is 5.82 Å². The molecule has 0 aliphatic carbocycles. The number of hydrogen-bond donors (Lipinski definition) is 1. The predicted molar refractivity (Wildman–Crippen MR) is 67.1 cm³/mol. The van der Waals surface area contributed by atoms with Gasteiger partial charge in [-0.2, -0.15) is 0 Å². The van der Waals surface area contributed by atoms with Crippen molar-refractivity contribution < 1.29 is 4.39 Å². The highest BCUT2D eigenvalue weighted by atomic mass is 19.1. The van der Waals surface area contributed by atoms with Crippen LogP contribution in [0.15, 0.2) is 18.2 Å². The van der Waals surface area contributed by atoms with Crippen molar-refractivity contribution in [3.05, 3.63) is 35.1 Å². The van der Waals surface area contributed by atoms with E-state index < -0.39 is 0 Å². The molecule has 0 bridgehead atoms. The molecule has 0 aliphatic heterocycles. The Bertz CT molecular complexity index is 323. The van der Waals surface area contributed by atoms with Gasteiger partial charge in [-0.05, 0) is 49.6 Å². The van der Waals surface area contributed by atoms with E-state index in [4.69, 9.17) is 0 Å². The summed E-state index contributed by atoms with van der Waals surface area (Å²) in [5.41, 5.74) is 2.38. The van der Waals surface area contributed by atoms with Gasteiger partial charge in [0.25, 0.3) is 0 Å². The van der Waals surface area contributed by atoms with Crippen molar-refractivity contribution >= 4 is 0 Å². The maximum absolute atomic E-state index is 13.2. The zero-order valence-corrected chi connectivity index (χ0v) is 10.5. The maximum atomic E-state index is 13.2. The minimum atomic E-state index is -0.126. The first-order valence-corrected chi connectivity index (χ1v) is 6.20. The highest BCUT2D eigenvalue weighted by Crippen LogP contribution is 2.20. The molecule has 16 heavy (non-hydrogen) atoms. The van der Waals surface area contributed by atoms with E-state index >= 15 is 0 Å². The lowest BCUT2D eigenvalue weighted by Crippen LogP contribution is -2.19. The molecule has 1 nitrogen and oxygen atoms in total. The fourth-order valence-electron chi connectivity index (χ4n) is 2.00. The predicted octanol–water partition coefficient (Wildman–Crippen LogP) is 3.84. The smallest absolute Gasteiger partial charge is 0.123 e. The Balaban J connectivity index is 2.88. The van der Waals surface area contributed by atoms with Crippen LogP contribution in [0.3, 0.4) is 0 Å². The lowest BCUT2D eigenvalue weighted by molar-refractivity contribution is 0.582. The monoisotopic (exact) mass is 223 g/mol. The molecule has 1 rings (SSSR count). The summed E-state index contributed by atoms with van der Waals surface area (Å²) < 4.78 is 13.2. The summed E-state index contributed by atoms with van der Waals surface area (Å²) in [5.74, 6) is -0.126. The van der Waals surface area contributed by atoms with Crippen molar-refractivity contribution in [1.82, 2.24) is 5.32 Å². The van der Waals surface area contributed by atoms with Crippen LogP contribution < -0.4 is 5.32 Å². The minimum Gasteiger partial charge on any atom is -0.310 e. The van der Waals surface area contributed by atoms with E-state index in [1.54, 1.807) is 12.1 Å². The first-order chi connectivity index (χ1) is 7.69. The van der Waals surface area contributed by atoms with Crippen molar-refractivity contribution in [3.63, 3.8) is 0 Å². The summed E-state index contributed by atoms with van der Waals surface area (Å²) in [4.78, 5) is 0. The van der Waals surface area contributed by atoms with Gasteiger partial charge in [-0.15, -0.1) is 0 Å². The normalized spacial score (nSPS) is 12.8. The Morgan fingerprint density at radius 1 is 1.31 bits per heavy atom. The third kappa shape index (κ3) is 3.60. The molecule has 90 valence electrons. The molecule has 1 unspecified atom stereocenters. The summed E-state index contributed by atoms with van der Waals surface area (Å²) in [6.45, 7) is 7.32. The molecule has 0 radical (unpaired) electrons. The number of unbranched alkanes of at least 4 members (excludes halogenated alkanes) is 1. The number of aryl methyl sites for hydroxylation is 1. The zero-order valence-electron chi connectivity index (χ0n) is 10.5. The SMILES string of the molecule is CCCCc1cc(F)ccc1C(C)NCC. The number of rotatable bonds is 6. The average Bonchev–Trinajstić information content (AvgIpc) is 2.26. The van der Waals surface area contributed by atoms with Crippen LogP contribution in [0.25, 0.3) is 0 Å². The van der Waals surface area contributed by atoms with Gasteiger partial charge >= 0.3 is 0 Å². The summed E-state index contributed by atoms with van der Waals surface area (Å²) in [5, 5.41) is 3.38. The third-order valence-corrected chi connectivity index (χ3v) is 2.88. The van der Waals surface area contributed by atoms with Crippen LogP contribution in [0.5, 0.6) is 0 Å². The molecule has 0 saturated heterocycles. The second-order valence-corrected chi connectivity index (χ2v) is 4.23. The highest BCUT2D eigenvalue weighted by molar-refractivity contribution is 5.30. The topological polar surface area (TPSA) is 12.0 Å². The van der Waals surface area contributed by atoms with E-state index in [2.05, 4.69) is 26.1 Å². The fourth-order valence-corrected chi connectivity index (χ4v) is 2.00. The van der Waals surface area contributed by atoms with Gasteiger partial charge < -0.3 is 5.32 Å². The van der Waals surface area contributed by atoms with Gasteiger partial charge in [0.2, 0.25) is 0 Å². The Hall–Kier alpha value is -0.890. The Morgan fingerprint density at radius 2 is 2.06 bits per heavy atom. The van der Waals surface area contributed by atoms with Crippen LogP contribution in [0.2, 0.25) is 0 Å². The Morgan fingerprint density at radius 3 is 2.69 bits per heavy atom. The number of benzene rings is 1. The van der Waals surface area contributed by atoms with E-state index in [9.17, 15) is 4.39 Å². The number of halogens is 1. The van der Waals surface area contributed by atoms with E-state index in [1.165, 1.54) is 5.56 Å². The minimum absolute atomic E-state index is 0.126. The second kappa shape index (κ2) is 6.64. The average molecular weight is 223 g/mol. The highest BCUT2D eigenvalue weighted by Gasteiger charge is 2.10. The maximum Gasteiger partial charge on any atom is 0.123 e. The lowest BCUT2D eigenvalue weighted by atomic mass is 9.97. The van der Waals surface area contributed by atoms with Gasteiger partial charge in [0, 0.05) is 6.04 Å². The van der Waals surface area contributed by atoms with Crippen molar-refractivity contribution in [3.8, 4) is 0 Å². The Labute approximate surface area is 98.1 Å². The van der Waals surface area contributed by atoms with Crippen molar-refractivity contribution in [2.24, 2.45) is 0 Å². The molecule has 0 aromatic heterocycles. The molecular formula is C14H22FN. The fraction of sp³-hybridized carbons (Fsp3) is 0.571. The largest absolute Gasteiger partial charge is 0.310 e. The Kier molecular flexibility index (Phi) is 5.47. The van der Waals surface area contributed by atoms with Gasteiger partial charge in [-0.25, -0.2) is 4.39 Å². The van der Waals surface area contributed by atoms with Gasteiger partial charge in [0.15, 0.2) is 0 Å². The van der Waals surface area contributed by atoms with Crippen LogP contribution in [0.1, 0.15) is 50.8 Å². The molecule has 0 aliphatic rings. The summed E-state index contributed by atoms with van der Waals surface area (Å²) >= 11 is 0. The quantitative estimate of drug-likeness (QED) is 0.772. The molecular weight excluding hydrogens is 201 g/mol. The summed E-state index contributed by atoms with van der Waals surface area (Å²) in [6, 6.07) is 5.45.